The van der Waals surface area contributed by atoms with E-state index in [1.54, 1.807) is 17.2 Å². The number of anilines is 2. The molecule has 1 aromatic heterocycles. The number of carbonyl (C=O) groups is 1. The van der Waals surface area contributed by atoms with Crippen LogP contribution in [0.15, 0.2) is 42.6 Å². The molecule has 0 bridgehead atoms. The Morgan fingerprint density at radius 3 is 2.62 bits per heavy atom. The summed E-state index contributed by atoms with van der Waals surface area (Å²) >= 11 is 0. The summed E-state index contributed by atoms with van der Waals surface area (Å²) in [5, 5.41) is 12.3. The van der Waals surface area contributed by atoms with Crippen molar-refractivity contribution < 1.29 is 9.90 Å². The van der Waals surface area contributed by atoms with E-state index in [-0.39, 0.29) is 0 Å². The van der Waals surface area contributed by atoms with Gasteiger partial charge in [0.05, 0.1) is 0 Å². The number of nitrogens with zero attached hydrogens (tertiary/aromatic N) is 3. The van der Waals surface area contributed by atoms with Crippen LogP contribution in [0.2, 0.25) is 0 Å². The summed E-state index contributed by atoms with van der Waals surface area (Å²) in [5.74, 6) is 0.116. The van der Waals surface area contributed by atoms with E-state index in [0.717, 1.165) is 5.56 Å². The van der Waals surface area contributed by atoms with Crippen molar-refractivity contribution in [1.29, 1.82) is 0 Å². The number of hydrogen-bond acceptors (Lipinski definition) is 5. The van der Waals surface area contributed by atoms with Gasteiger partial charge in [0.1, 0.15) is 11.9 Å². The van der Waals surface area contributed by atoms with Gasteiger partial charge in [0, 0.05) is 26.7 Å². The van der Waals surface area contributed by atoms with Crippen LogP contribution < -0.4 is 10.2 Å². The van der Waals surface area contributed by atoms with Gasteiger partial charge in [0.2, 0.25) is 5.95 Å². The standard InChI is InChI=1S/C15H18N4O2/c1-19(2)15-16-9-8-13(18-15)17-12(14(20)21)10-11-6-4-3-5-7-11/h3-9,12H,10H2,1-2H3,(H,20,21)(H,16,17,18)/t12-/m0/s1. The molecule has 0 aliphatic rings. The lowest BCUT2D eigenvalue weighted by Crippen LogP contribution is -2.32. The van der Waals surface area contributed by atoms with Crippen LogP contribution in [0.5, 0.6) is 0 Å². The summed E-state index contributed by atoms with van der Waals surface area (Å²) in [5.41, 5.74) is 0.958. The molecule has 0 amide bonds. The fourth-order valence-electron chi connectivity index (χ4n) is 1.87. The second kappa shape index (κ2) is 6.69. The number of hydrogen-bond donors (Lipinski definition) is 2. The summed E-state index contributed by atoms with van der Waals surface area (Å²) in [6, 6.07) is 10.4. The fraction of sp³-hybridized carbons (Fsp3) is 0.267. The first-order chi connectivity index (χ1) is 10.1. The zero-order chi connectivity index (χ0) is 15.2. The zero-order valence-corrected chi connectivity index (χ0v) is 12.0. The Bertz CT molecular complexity index is 602. The van der Waals surface area contributed by atoms with Crippen LogP contribution in [-0.2, 0) is 11.2 Å². The molecule has 2 N–H and O–H groups in total. The number of carboxylic acid groups (broad SMARTS) is 1. The quantitative estimate of drug-likeness (QED) is 0.840. The van der Waals surface area contributed by atoms with E-state index in [1.807, 2.05) is 44.4 Å². The highest BCUT2D eigenvalue weighted by Gasteiger charge is 2.18. The van der Waals surface area contributed by atoms with Crippen molar-refractivity contribution in [1.82, 2.24) is 9.97 Å². The van der Waals surface area contributed by atoms with Crippen molar-refractivity contribution in [2.75, 3.05) is 24.3 Å². The molecule has 0 unspecified atom stereocenters. The third-order valence-electron chi connectivity index (χ3n) is 2.95. The molecule has 1 aromatic carbocycles. The SMILES string of the molecule is CN(C)c1nccc(N[C@@H](Cc2ccccc2)C(=O)O)n1. The highest BCUT2D eigenvalue weighted by Crippen LogP contribution is 2.12. The first-order valence-electron chi connectivity index (χ1n) is 6.60. The minimum absolute atomic E-state index is 0.386. The van der Waals surface area contributed by atoms with Gasteiger partial charge in [0.25, 0.3) is 0 Å². The van der Waals surface area contributed by atoms with Crippen molar-refractivity contribution in [2.24, 2.45) is 0 Å². The molecule has 1 atom stereocenters. The van der Waals surface area contributed by atoms with E-state index in [9.17, 15) is 9.90 Å². The van der Waals surface area contributed by atoms with Crippen LogP contribution >= 0.6 is 0 Å². The topological polar surface area (TPSA) is 78.4 Å². The number of benzene rings is 1. The highest BCUT2D eigenvalue weighted by atomic mass is 16.4. The largest absolute Gasteiger partial charge is 0.480 e. The Hall–Kier alpha value is -2.63. The molecule has 2 rings (SSSR count). The molecule has 0 radical (unpaired) electrons. The Morgan fingerprint density at radius 1 is 1.29 bits per heavy atom. The van der Waals surface area contributed by atoms with Crippen LogP contribution in [-0.4, -0.2) is 41.2 Å². The van der Waals surface area contributed by atoms with Crippen molar-refractivity contribution in [3.8, 4) is 0 Å². The lowest BCUT2D eigenvalue weighted by molar-refractivity contribution is -0.137. The van der Waals surface area contributed by atoms with Gasteiger partial charge in [-0.3, -0.25) is 0 Å². The lowest BCUT2D eigenvalue weighted by Gasteiger charge is -2.16. The molecule has 0 spiro atoms. The molecule has 0 saturated carbocycles. The van der Waals surface area contributed by atoms with Gasteiger partial charge in [-0.2, -0.15) is 4.98 Å². The molecule has 0 aliphatic heterocycles. The number of nitrogens with one attached hydrogen (secondary N) is 1. The van der Waals surface area contributed by atoms with Gasteiger partial charge >= 0.3 is 5.97 Å². The number of rotatable bonds is 6. The van der Waals surface area contributed by atoms with Gasteiger partial charge in [-0.1, -0.05) is 30.3 Å². The maximum atomic E-state index is 11.4. The molecule has 0 saturated heterocycles. The minimum Gasteiger partial charge on any atom is -0.480 e. The molecule has 2 aromatic rings. The number of aliphatic carboxylic acids is 1. The van der Waals surface area contributed by atoms with Gasteiger partial charge in [-0.05, 0) is 11.6 Å². The predicted octanol–water partition coefficient (Wildman–Crippen LogP) is 1.65. The molecular formula is C15H18N4O2. The van der Waals surface area contributed by atoms with Gasteiger partial charge < -0.3 is 15.3 Å². The molecule has 21 heavy (non-hydrogen) atoms. The van der Waals surface area contributed by atoms with E-state index >= 15 is 0 Å². The third-order valence-corrected chi connectivity index (χ3v) is 2.95. The van der Waals surface area contributed by atoms with Gasteiger partial charge in [-0.15, -0.1) is 0 Å². The molecule has 110 valence electrons. The molecule has 1 heterocycles. The van der Waals surface area contributed by atoms with Crippen LogP contribution in [0.4, 0.5) is 11.8 Å². The van der Waals surface area contributed by atoms with Crippen molar-refractivity contribution in [3.63, 3.8) is 0 Å². The zero-order valence-electron chi connectivity index (χ0n) is 12.0. The lowest BCUT2D eigenvalue weighted by atomic mass is 10.1. The Labute approximate surface area is 123 Å². The summed E-state index contributed by atoms with van der Waals surface area (Å²) in [6.45, 7) is 0. The second-order valence-electron chi connectivity index (χ2n) is 4.86. The summed E-state index contributed by atoms with van der Waals surface area (Å²) in [4.78, 5) is 21.6. The summed E-state index contributed by atoms with van der Waals surface area (Å²) in [6.07, 6.45) is 1.99. The predicted molar refractivity (Wildman–Crippen MR) is 81.6 cm³/mol. The smallest absolute Gasteiger partial charge is 0.326 e. The Kier molecular flexibility index (Phi) is 4.71. The summed E-state index contributed by atoms with van der Waals surface area (Å²) < 4.78 is 0. The molecule has 0 aliphatic carbocycles. The first kappa shape index (κ1) is 14.8. The van der Waals surface area contributed by atoms with E-state index in [1.165, 1.54) is 0 Å². The number of aromatic nitrogens is 2. The van der Waals surface area contributed by atoms with Crippen LogP contribution in [0.3, 0.4) is 0 Å². The van der Waals surface area contributed by atoms with Crippen LogP contribution in [0.25, 0.3) is 0 Å². The van der Waals surface area contributed by atoms with E-state index in [0.29, 0.717) is 18.2 Å². The average molecular weight is 286 g/mol. The molecule has 0 fully saturated rings. The second-order valence-corrected chi connectivity index (χ2v) is 4.86. The van der Waals surface area contributed by atoms with Crippen molar-refractivity contribution in [3.05, 3.63) is 48.2 Å². The molecular weight excluding hydrogens is 268 g/mol. The van der Waals surface area contributed by atoms with E-state index < -0.39 is 12.0 Å². The van der Waals surface area contributed by atoms with E-state index in [4.69, 9.17) is 0 Å². The average Bonchev–Trinajstić information content (AvgIpc) is 2.48. The van der Waals surface area contributed by atoms with Crippen molar-refractivity contribution >= 4 is 17.7 Å². The van der Waals surface area contributed by atoms with Crippen LogP contribution in [0.1, 0.15) is 5.56 Å². The molecule has 6 heteroatoms. The summed E-state index contributed by atoms with van der Waals surface area (Å²) in [7, 11) is 3.66. The third kappa shape index (κ3) is 4.17. The monoisotopic (exact) mass is 286 g/mol. The van der Waals surface area contributed by atoms with Gasteiger partial charge in [-0.25, -0.2) is 9.78 Å². The van der Waals surface area contributed by atoms with E-state index in [2.05, 4.69) is 15.3 Å². The first-order valence-corrected chi connectivity index (χ1v) is 6.60. The maximum Gasteiger partial charge on any atom is 0.326 e. The Morgan fingerprint density at radius 2 is 2.00 bits per heavy atom. The van der Waals surface area contributed by atoms with Gasteiger partial charge in [0.15, 0.2) is 0 Å². The minimum atomic E-state index is -0.913. The normalized spacial score (nSPS) is 11.7. The maximum absolute atomic E-state index is 11.4. The van der Waals surface area contributed by atoms with Crippen LogP contribution in [0, 0.1) is 0 Å². The Balaban J connectivity index is 2.13. The van der Waals surface area contributed by atoms with Crippen molar-refractivity contribution in [2.45, 2.75) is 12.5 Å². The molecule has 6 nitrogen and oxygen atoms in total. The fourth-order valence-corrected chi connectivity index (χ4v) is 1.87. The highest BCUT2D eigenvalue weighted by molar-refractivity contribution is 5.77. The number of carboxylic acids is 1.